The number of anilines is 2. The molecule has 0 aliphatic heterocycles. The Balaban J connectivity index is 2.22. The highest BCUT2D eigenvalue weighted by molar-refractivity contribution is 5.58. The molecule has 2 rings (SSSR count). The molecule has 1 heterocycles. The molecule has 0 radical (unpaired) electrons. The summed E-state index contributed by atoms with van der Waals surface area (Å²) in [7, 11) is 1.60. The van der Waals surface area contributed by atoms with Crippen molar-refractivity contribution in [3.05, 3.63) is 11.4 Å². The monoisotopic (exact) mass is 289 g/mol. The average molecular weight is 289 g/mol. The van der Waals surface area contributed by atoms with Gasteiger partial charge in [0.15, 0.2) is 0 Å². The number of nitrogen functional groups attached to an aromatic ring is 1. The number of halogens is 3. The summed E-state index contributed by atoms with van der Waals surface area (Å²) in [5.74, 6) is 7.33. The molecule has 3 N–H and O–H groups in total. The second-order valence-corrected chi connectivity index (χ2v) is 5.08. The zero-order valence-electron chi connectivity index (χ0n) is 11.5. The van der Waals surface area contributed by atoms with E-state index in [-0.39, 0.29) is 6.54 Å². The minimum atomic E-state index is -4.18. The summed E-state index contributed by atoms with van der Waals surface area (Å²) in [5, 5.41) is 0. The zero-order valence-corrected chi connectivity index (χ0v) is 11.5. The summed E-state index contributed by atoms with van der Waals surface area (Å²) >= 11 is 0. The Kier molecular flexibility index (Phi) is 4.03. The van der Waals surface area contributed by atoms with Crippen molar-refractivity contribution in [1.29, 1.82) is 0 Å². The number of alkyl halides is 3. The molecule has 112 valence electrons. The van der Waals surface area contributed by atoms with Gasteiger partial charge in [-0.3, -0.25) is 0 Å². The van der Waals surface area contributed by atoms with Crippen LogP contribution in [0.3, 0.4) is 0 Å². The maximum absolute atomic E-state index is 12.3. The summed E-state index contributed by atoms with van der Waals surface area (Å²) < 4.78 is 36.9. The summed E-state index contributed by atoms with van der Waals surface area (Å²) in [6.07, 6.45) is -3.03. The second kappa shape index (κ2) is 5.43. The van der Waals surface area contributed by atoms with E-state index in [1.165, 1.54) is 4.90 Å². The van der Waals surface area contributed by atoms with E-state index < -0.39 is 12.6 Å². The van der Waals surface area contributed by atoms with E-state index in [0.717, 1.165) is 12.8 Å². The number of hydrogen-bond acceptors (Lipinski definition) is 5. The highest BCUT2D eigenvalue weighted by Gasteiger charge is 2.30. The molecule has 1 aliphatic carbocycles. The van der Waals surface area contributed by atoms with Crippen LogP contribution in [0.4, 0.5) is 24.8 Å². The predicted molar refractivity (Wildman–Crippen MR) is 70.5 cm³/mol. The van der Waals surface area contributed by atoms with Crippen LogP contribution in [0, 0.1) is 6.92 Å². The van der Waals surface area contributed by atoms with Gasteiger partial charge in [-0.2, -0.15) is 13.2 Å². The molecule has 0 amide bonds. The van der Waals surface area contributed by atoms with Crippen LogP contribution in [0.2, 0.25) is 0 Å². The minimum Gasteiger partial charge on any atom is -0.359 e. The first kappa shape index (κ1) is 14.8. The van der Waals surface area contributed by atoms with Crippen molar-refractivity contribution in [2.24, 2.45) is 5.84 Å². The first-order valence-corrected chi connectivity index (χ1v) is 6.45. The molecule has 0 saturated heterocycles. The van der Waals surface area contributed by atoms with E-state index in [2.05, 4.69) is 15.4 Å². The van der Waals surface area contributed by atoms with Gasteiger partial charge in [0.1, 0.15) is 17.5 Å². The van der Waals surface area contributed by atoms with Gasteiger partial charge in [-0.25, -0.2) is 15.8 Å². The van der Waals surface area contributed by atoms with Gasteiger partial charge in [0, 0.05) is 25.1 Å². The van der Waals surface area contributed by atoms with Gasteiger partial charge in [0.25, 0.3) is 0 Å². The molecule has 5 nitrogen and oxygen atoms in total. The molecule has 8 heteroatoms. The number of rotatable bonds is 5. The van der Waals surface area contributed by atoms with Crippen LogP contribution in [0.15, 0.2) is 0 Å². The molecule has 1 aromatic rings. The van der Waals surface area contributed by atoms with E-state index >= 15 is 0 Å². The summed E-state index contributed by atoms with van der Waals surface area (Å²) in [6, 6.07) is 0. The number of nitrogens with one attached hydrogen (secondary N) is 1. The summed E-state index contributed by atoms with van der Waals surface area (Å²) in [6.45, 7) is 1.60. The number of nitrogens with two attached hydrogens (primary N) is 1. The van der Waals surface area contributed by atoms with Crippen LogP contribution >= 0.6 is 0 Å². The van der Waals surface area contributed by atoms with Crippen LogP contribution < -0.4 is 16.2 Å². The van der Waals surface area contributed by atoms with Crippen LogP contribution in [0.25, 0.3) is 0 Å². The van der Waals surface area contributed by atoms with Crippen molar-refractivity contribution in [3.63, 3.8) is 0 Å². The molecule has 0 spiro atoms. The van der Waals surface area contributed by atoms with Crippen LogP contribution in [0.1, 0.15) is 36.6 Å². The SMILES string of the molecule is Cc1c(NN)nc(C2CC2)nc1N(C)CCC(F)(F)F. The van der Waals surface area contributed by atoms with Gasteiger partial charge in [-0.15, -0.1) is 0 Å². The van der Waals surface area contributed by atoms with Crippen molar-refractivity contribution in [3.8, 4) is 0 Å². The maximum atomic E-state index is 12.3. The average Bonchev–Trinajstić information content (AvgIpc) is 3.19. The highest BCUT2D eigenvalue weighted by Crippen LogP contribution is 2.40. The van der Waals surface area contributed by atoms with Crippen molar-refractivity contribution in [2.75, 3.05) is 23.9 Å². The Morgan fingerprint density at radius 2 is 2.00 bits per heavy atom. The molecule has 1 fully saturated rings. The van der Waals surface area contributed by atoms with E-state index in [9.17, 15) is 13.2 Å². The van der Waals surface area contributed by atoms with Gasteiger partial charge in [-0.1, -0.05) is 0 Å². The van der Waals surface area contributed by atoms with E-state index in [1.807, 2.05) is 0 Å². The smallest absolute Gasteiger partial charge is 0.359 e. The number of hydrazine groups is 1. The molecule has 1 aliphatic rings. The molecule has 1 saturated carbocycles. The molecular weight excluding hydrogens is 271 g/mol. The number of nitrogens with zero attached hydrogens (tertiary/aromatic N) is 3. The van der Waals surface area contributed by atoms with E-state index in [0.29, 0.717) is 28.9 Å². The normalized spacial score (nSPS) is 15.3. The lowest BCUT2D eigenvalue weighted by molar-refractivity contribution is -0.132. The molecule has 0 bridgehead atoms. The van der Waals surface area contributed by atoms with Crippen LogP contribution in [0.5, 0.6) is 0 Å². The van der Waals surface area contributed by atoms with Gasteiger partial charge >= 0.3 is 6.18 Å². The molecule has 0 atom stereocenters. The van der Waals surface area contributed by atoms with Gasteiger partial charge in [0.2, 0.25) is 0 Å². The Hall–Kier alpha value is -1.57. The Morgan fingerprint density at radius 1 is 1.35 bits per heavy atom. The molecule has 0 aromatic carbocycles. The van der Waals surface area contributed by atoms with Gasteiger partial charge in [-0.05, 0) is 19.8 Å². The zero-order chi connectivity index (χ0) is 14.9. The molecule has 20 heavy (non-hydrogen) atoms. The van der Waals surface area contributed by atoms with Gasteiger partial charge in [0.05, 0.1) is 6.42 Å². The predicted octanol–water partition coefficient (Wildman–Crippen LogP) is 2.34. The molecule has 1 aromatic heterocycles. The topological polar surface area (TPSA) is 67.1 Å². The minimum absolute atomic E-state index is 0.143. The quantitative estimate of drug-likeness (QED) is 0.643. The fourth-order valence-corrected chi connectivity index (χ4v) is 1.96. The Labute approximate surface area is 115 Å². The van der Waals surface area contributed by atoms with E-state index in [1.54, 1.807) is 14.0 Å². The Morgan fingerprint density at radius 3 is 2.50 bits per heavy atom. The maximum Gasteiger partial charge on any atom is 0.390 e. The Bertz CT molecular complexity index is 485. The highest BCUT2D eigenvalue weighted by atomic mass is 19.4. The first-order valence-electron chi connectivity index (χ1n) is 6.45. The lowest BCUT2D eigenvalue weighted by atomic mass is 10.2. The largest absolute Gasteiger partial charge is 0.390 e. The summed E-state index contributed by atoms with van der Waals surface area (Å²) in [4.78, 5) is 10.2. The fraction of sp³-hybridized carbons (Fsp3) is 0.667. The molecular formula is C12H18F3N5. The lowest BCUT2D eigenvalue weighted by Gasteiger charge is -2.22. The third-order valence-electron chi connectivity index (χ3n) is 3.31. The van der Waals surface area contributed by atoms with Crippen molar-refractivity contribution < 1.29 is 13.2 Å². The van der Waals surface area contributed by atoms with Crippen LogP contribution in [-0.4, -0.2) is 29.7 Å². The first-order chi connectivity index (χ1) is 9.31. The van der Waals surface area contributed by atoms with Gasteiger partial charge < -0.3 is 10.3 Å². The van der Waals surface area contributed by atoms with Crippen LogP contribution in [-0.2, 0) is 0 Å². The van der Waals surface area contributed by atoms with Crippen molar-refractivity contribution in [2.45, 2.75) is 38.3 Å². The van der Waals surface area contributed by atoms with Crippen molar-refractivity contribution in [1.82, 2.24) is 9.97 Å². The standard InChI is InChI=1S/C12H18F3N5/c1-7-9(19-16)17-10(8-3-4-8)18-11(7)20(2)6-5-12(13,14)15/h8H,3-6,16H2,1-2H3,(H,17,18,19). The fourth-order valence-electron chi connectivity index (χ4n) is 1.96. The van der Waals surface area contributed by atoms with Crippen molar-refractivity contribution >= 4 is 11.6 Å². The third-order valence-corrected chi connectivity index (χ3v) is 3.31. The third kappa shape index (κ3) is 3.50. The second-order valence-electron chi connectivity index (χ2n) is 5.08. The molecule has 0 unspecified atom stereocenters. The number of aromatic nitrogens is 2. The lowest BCUT2D eigenvalue weighted by Crippen LogP contribution is -2.26. The number of hydrogen-bond donors (Lipinski definition) is 2. The summed E-state index contributed by atoms with van der Waals surface area (Å²) in [5.41, 5.74) is 3.14. The van der Waals surface area contributed by atoms with E-state index in [4.69, 9.17) is 5.84 Å².